The van der Waals surface area contributed by atoms with Crippen molar-refractivity contribution >= 4 is 23.0 Å². The molecule has 0 unspecified atom stereocenters. The minimum atomic E-state index is 0.568. The van der Waals surface area contributed by atoms with Crippen LogP contribution in [0.2, 0.25) is 5.15 Å². The van der Waals surface area contributed by atoms with E-state index in [1.807, 2.05) is 30.7 Å². The number of aromatic nitrogens is 2. The van der Waals surface area contributed by atoms with E-state index in [0.29, 0.717) is 17.2 Å². The van der Waals surface area contributed by atoms with Gasteiger partial charge in [-0.05, 0) is 74.9 Å². The smallest absolute Gasteiger partial charge is 0.129 e. The molecule has 6 nitrogen and oxygen atoms in total. The number of anilines is 2. The fourth-order valence-electron chi connectivity index (χ4n) is 5.61. The number of pyridine rings is 2. The molecule has 4 saturated heterocycles. The Hall–Kier alpha value is -1.89. The van der Waals surface area contributed by atoms with Gasteiger partial charge in [-0.25, -0.2) is 4.98 Å². The Kier molecular flexibility index (Phi) is 6.58. The van der Waals surface area contributed by atoms with Crippen LogP contribution in [0.1, 0.15) is 25.7 Å². The van der Waals surface area contributed by atoms with Crippen LogP contribution < -0.4 is 20.4 Å². The van der Waals surface area contributed by atoms with Gasteiger partial charge in [0.05, 0.1) is 23.8 Å². The van der Waals surface area contributed by atoms with E-state index in [0.717, 1.165) is 31.5 Å². The van der Waals surface area contributed by atoms with Gasteiger partial charge in [-0.1, -0.05) is 11.6 Å². The van der Waals surface area contributed by atoms with Gasteiger partial charge >= 0.3 is 0 Å². The number of hydrogen-bond acceptors (Lipinski definition) is 6. The van der Waals surface area contributed by atoms with Crippen molar-refractivity contribution in [3.63, 3.8) is 0 Å². The highest BCUT2D eigenvalue weighted by atomic mass is 35.5. The molecule has 0 amide bonds. The largest absolute Gasteiger partial charge is 0.368 e. The molecule has 31 heavy (non-hydrogen) atoms. The minimum absolute atomic E-state index is 0.568. The Morgan fingerprint density at radius 1 is 0.806 bits per heavy atom. The highest BCUT2D eigenvalue weighted by molar-refractivity contribution is 6.29. The number of piperidine rings is 2. The van der Waals surface area contributed by atoms with E-state index in [1.165, 1.54) is 56.7 Å². The number of fused-ring (bicyclic) bond motifs is 2. The van der Waals surface area contributed by atoms with Crippen molar-refractivity contribution in [2.75, 3.05) is 49.1 Å². The highest BCUT2D eigenvalue weighted by Gasteiger charge is 2.35. The third kappa shape index (κ3) is 4.97. The summed E-state index contributed by atoms with van der Waals surface area (Å²) in [4.78, 5) is 13.2. The molecule has 7 heteroatoms. The van der Waals surface area contributed by atoms with Crippen LogP contribution in [0.3, 0.4) is 0 Å². The number of rotatable bonds is 2. The fourth-order valence-corrected chi connectivity index (χ4v) is 5.72. The predicted molar refractivity (Wildman–Crippen MR) is 127 cm³/mol. The standard InChI is InChI=1S/C12H16ClN3.C12H17N3/c13-12-4-3-10(6-15-12)16-7-9-2-1-5-14-11(9)8-16;1-3-10-8-15(9-12(10)14-6-1)11-4-2-5-13-7-11/h3-4,6,9,11,14H,1-2,5,7-8H2;2,4-5,7,10,12,14H,1,3,6,8-9H2/t9-,11+;10-,12+/m11/s1. The average molecular weight is 441 g/mol. The van der Waals surface area contributed by atoms with Crippen LogP contribution in [0.15, 0.2) is 42.9 Å². The zero-order chi connectivity index (χ0) is 21.0. The van der Waals surface area contributed by atoms with Gasteiger partial charge in [0.15, 0.2) is 0 Å². The maximum absolute atomic E-state index is 5.80. The first kappa shape index (κ1) is 21.0. The third-order valence-electron chi connectivity index (χ3n) is 7.29. The SMILES string of the molecule is Clc1ccc(N2C[C@H]3CCCN[C@H]3C2)cn1.c1cncc(N2C[C@H]3CCCN[C@H]3C2)c1. The quantitative estimate of drug-likeness (QED) is 0.699. The normalized spacial score (nSPS) is 29.7. The van der Waals surface area contributed by atoms with Crippen LogP contribution in [0.4, 0.5) is 11.4 Å². The Balaban J connectivity index is 0.000000132. The van der Waals surface area contributed by atoms with Crippen molar-refractivity contribution in [1.82, 2.24) is 20.6 Å². The Morgan fingerprint density at radius 3 is 1.97 bits per heavy atom. The number of halogens is 1. The van der Waals surface area contributed by atoms with E-state index in [9.17, 15) is 0 Å². The van der Waals surface area contributed by atoms with Crippen molar-refractivity contribution in [2.45, 2.75) is 37.8 Å². The van der Waals surface area contributed by atoms with Gasteiger partial charge in [0.2, 0.25) is 0 Å². The molecule has 0 aliphatic carbocycles. The molecule has 0 aromatic carbocycles. The molecule has 0 radical (unpaired) electrons. The van der Waals surface area contributed by atoms with Gasteiger partial charge in [0, 0.05) is 44.5 Å². The zero-order valence-corrected chi connectivity index (χ0v) is 18.8. The summed E-state index contributed by atoms with van der Waals surface area (Å²) in [5, 5.41) is 7.79. The molecule has 0 bridgehead atoms. The molecular weight excluding hydrogens is 408 g/mol. The second-order valence-electron chi connectivity index (χ2n) is 9.29. The van der Waals surface area contributed by atoms with Crippen LogP contribution in [0.5, 0.6) is 0 Å². The summed E-state index contributed by atoms with van der Waals surface area (Å²) in [7, 11) is 0. The van der Waals surface area contributed by atoms with E-state index >= 15 is 0 Å². The summed E-state index contributed by atoms with van der Waals surface area (Å²) >= 11 is 5.80. The maximum Gasteiger partial charge on any atom is 0.129 e. The van der Waals surface area contributed by atoms with Crippen LogP contribution in [0, 0.1) is 11.8 Å². The molecule has 4 aliphatic heterocycles. The molecule has 2 N–H and O–H groups in total. The first-order chi connectivity index (χ1) is 15.3. The molecule has 0 saturated carbocycles. The number of hydrogen-bond donors (Lipinski definition) is 2. The maximum atomic E-state index is 5.80. The second kappa shape index (κ2) is 9.72. The fraction of sp³-hybridized carbons (Fsp3) is 0.583. The molecule has 166 valence electrons. The van der Waals surface area contributed by atoms with Gasteiger partial charge in [-0.3, -0.25) is 4.98 Å². The molecule has 6 heterocycles. The van der Waals surface area contributed by atoms with Gasteiger partial charge in [-0.15, -0.1) is 0 Å². The van der Waals surface area contributed by atoms with Crippen molar-refractivity contribution in [2.24, 2.45) is 11.8 Å². The second-order valence-corrected chi connectivity index (χ2v) is 9.67. The van der Waals surface area contributed by atoms with E-state index < -0.39 is 0 Å². The van der Waals surface area contributed by atoms with E-state index in [-0.39, 0.29) is 0 Å². The zero-order valence-electron chi connectivity index (χ0n) is 18.1. The molecule has 2 aromatic rings. The van der Waals surface area contributed by atoms with Crippen molar-refractivity contribution in [3.8, 4) is 0 Å². The Bertz CT molecular complexity index is 804. The lowest BCUT2D eigenvalue weighted by Crippen LogP contribution is -2.40. The van der Waals surface area contributed by atoms with E-state index in [1.54, 1.807) is 0 Å². The molecule has 6 rings (SSSR count). The van der Waals surface area contributed by atoms with Crippen molar-refractivity contribution < 1.29 is 0 Å². The van der Waals surface area contributed by atoms with E-state index in [4.69, 9.17) is 11.6 Å². The first-order valence-electron chi connectivity index (χ1n) is 11.7. The van der Waals surface area contributed by atoms with Crippen LogP contribution in [-0.4, -0.2) is 61.3 Å². The topological polar surface area (TPSA) is 56.3 Å². The Labute approximate surface area is 190 Å². The monoisotopic (exact) mass is 440 g/mol. The number of nitrogens with one attached hydrogen (secondary N) is 2. The molecular formula is C24H33ClN6. The van der Waals surface area contributed by atoms with Crippen molar-refractivity contribution in [1.29, 1.82) is 0 Å². The predicted octanol–water partition coefficient (Wildman–Crippen LogP) is 3.19. The summed E-state index contributed by atoms with van der Waals surface area (Å²) in [5.74, 6) is 1.66. The lowest BCUT2D eigenvalue weighted by Gasteiger charge is -2.24. The summed E-state index contributed by atoms with van der Waals surface area (Å²) in [6.45, 7) is 6.98. The summed E-state index contributed by atoms with van der Waals surface area (Å²) < 4.78 is 0. The van der Waals surface area contributed by atoms with Crippen LogP contribution in [-0.2, 0) is 0 Å². The minimum Gasteiger partial charge on any atom is -0.368 e. The summed E-state index contributed by atoms with van der Waals surface area (Å²) in [6, 6.07) is 9.48. The van der Waals surface area contributed by atoms with Gasteiger partial charge in [0.1, 0.15) is 5.15 Å². The Morgan fingerprint density at radius 2 is 1.45 bits per heavy atom. The average Bonchev–Trinajstić information content (AvgIpc) is 3.45. The lowest BCUT2D eigenvalue weighted by atomic mass is 9.94. The van der Waals surface area contributed by atoms with Crippen molar-refractivity contribution in [3.05, 3.63) is 48.0 Å². The summed E-state index contributed by atoms with van der Waals surface area (Å²) in [6.07, 6.45) is 11.1. The molecule has 0 spiro atoms. The lowest BCUT2D eigenvalue weighted by molar-refractivity contribution is 0.340. The van der Waals surface area contributed by atoms with Crippen LogP contribution in [0.25, 0.3) is 0 Å². The van der Waals surface area contributed by atoms with Crippen LogP contribution >= 0.6 is 11.6 Å². The molecule has 4 atom stereocenters. The van der Waals surface area contributed by atoms with Gasteiger partial charge < -0.3 is 20.4 Å². The highest BCUT2D eigenvalue weighted by Crippen LogP contribution is 2.29. The molecule has 4 fully saturated rings. The van der Waals surface area contributed by atoms with Gasteiger partial charge in [0.25, 0.3) is 0 Å². The molecule has 2 aromatic heterocycles. The van der Waals surface area contributed by atoms with E-state index in [2.05, 4.69) is 42.5 Å². The summed E-state index contributed by atoms with van der Waals surface area (Å²) in [5.41, 5.74) is 2.47. The first-order valence-corrected chi connectivity index (χ1v) is 12.1. The number of nitrogens with zero attached hydrogens (tertiary/aromatic N) is 4. The molecule has 4 aliphatic rings. The third-order valence-corrected chi connectivity index (χ3v) is 7.51. The van der Waals surface area contributed by atoms with Gasteiger partial charge in [-0.2, -0.15) is 0 Å².